The van der Waals surface area contributed by atoms with Crippen LogP contribution in [0, 0.1) is 6.92 Å². The van der Waals surface area contributed by atoms with E-state index in [1.807, 2.05) is 31.2 Å². The Morgan fingerprint density at radius 2 is 2.06 bits per heavy atom. The van der Waals surface area contributed by atoms with Crippen molar-refractivity contribution in [1.29, 1.82) is 0 Å². The molecule has 0 saturated carbocycles. The van der Waals surface area contributed by atoms with E-state index in [2.05, 4.69) is 10.2 Å². The maximum atomic E-state index is 5.86. The monoisotopic (exact) mass is 285 g/mol. The van der Waals surface area contributed by atoms with E-state index in [-0.39, 0.29) is 5.25 Å². The Bertz CT molecular complexity index is 484. The van der Waals surface area contributed by atoms with Crippen molar-refractivity contribution >= 4 is 34.7 Å². The van der Waals surface area contributed by atoms with Gasteiger partial charge in [-0.3, -0.25) is 0 Å². The highest BCUT2D eigenvalue weighted by Gasteiger charge is 2.14. The van der Waals surface area contributed by atoms with Gasteiger partial charge in [0.1, 0.15) is 5.01 Å². The van der Waals surface area contributed by atoms with Crippen molar-refractivity contribution in [1.82, 2.24) is 10.2 Å². The summed E-state index contributed by atoms with van der Waals surface area (Å²) in [6.07, 6.45) is 0. The molecule has 0 bridgehead atoms. The second kappa shape index (κ2) is 5.82. The summed E-state index contributed by atoms with van der Waals surface area (Å²) in [5, 5.41) is 10.00. The molecule has 0 saturated heterocycles. The van der Waals surface area contributed by atoms with Gasteiger partial charge < -0.3 is 5.73 Å². The number of benzene rings is 1. The summed E-state index contributed by atoms with van der Waals surface area (Å²) >= 11 is 9.10. The van der Waals surface area contributed by atoms with Gasteiger partial charge >= 0.3 is 0 Å². The van der Waals surface area contributed by atoms with Gasteiger partial charge in [0.15, 0.2) is 4.34 Å². The van der Waals surface area contributed by atoms with Gasteiger partial charge in [0.05, 0.1) is 0 Å². The van der Waals surface area contributed by atoms with Gasteiger partial charge in [-0.05, 0) is 24.6 Å². The lowest BCUT2D eigenvalue weighted by Crippen LogP contribution is -2.09. The van der Waals surface area contributed by atoms with Crippen molar-refractivity contribution in [3.8, 4) is 0 Å². The van der Waals surface area contributed by atoms with Crippen molar-refractivity contribution in [2.45, 2.75) is 16.5 Å². The molecule has 17 heavy (non-hydrogen) atoms. The Labute approximate surface area is 113 Å². The van der Waals surface area contributed by atoms with E-state index in [0.29, 0.717) is 6.54 Å². The van der Waals surface area contributed by atoms with Gasteiger partial charge in [0, 0.05) is 16.8 Å². The minimum absolute atomic E-state index is 0.194. The lowest BCUT2D eigenvalue weighted by molar-refractivity contribution is 0.928. The first-order valence-corrected chi connectivity index (χ1v) is 7.18. The molecule has 0 aliphatic carbocycles. The Kier molecular flexibility index (Phi) is 4.39. The first-order valence-electron chi connectivity index (χ1n) is 5.11. The second-order valence-electron chi connectivity index (χ2n) is 3.48. The normalized spacial score (nSPS) is 12.6. The summed E-state index contributed by atoms with van der Waals surface area (Å²) in [5.41, 5.74) is 6.96. The third-order valence-corrected chi connectivity index (χ3v) is 4.66. The molecule has 0 aliphatic rings. The van der Waals surface area contributed by atoms with Crippen LogP contribution in [0.3, 0.4) is 0 Å². The summed E-state index contributed by atoms with van der Waals surface area (Å²) < 4.78 is 0.952. The van der Waals surface area contributed by atoms with Crippen LogP contribution in [0.1, 0.15) is 15.8 Å². The molecule has 0 radical (unpaired) electrons. The van der Waals surface area contributed by atoms with Gasteiger partial charge in [0.25, 0.3) is 0 Å². The number of aryl methyl sites for hydroxylation is 1. The minimum atomic E-state index is 0.194. The van der Waals surface area contributed by atoms with Crippen LogP contribution in [0.25, 0.3) is 0 Å². The Balaban J connectivity index is 2.13. The second-order valence-corrected chi connectivity index (χ2v) is 6.55. The predicted octanol–water partition coefficient (Wildman–Crippen LogP) is 3.29. The fraction of sp³-hybridized carbons (Fsp3) is 0.273. The quantitative estimate of drug-likeness (QED) is 0.876. The van der Waals surface area contributed by atoms with Crippen molar-refractivity contribution < 1.29 is 0 Å². The zero-order valence-electron chi connectivity index (χ0n) is 9.26. The highest BCUT2D eigenvalue weighted by atomic mass is 35.5. The van der Waals surface area contributed by atoms with Crippen LogP contribution in [-0.2, 0) is 0 Å². The van der Waals surface area contributed by atoms with Gasteiger partial charge in [0.2, 0.25) is 0 Å². The van der Waals surface area contributed by atoms with E-state index in [1.165, 1.54) is 0 Å². The van der Waals surface area contributed by atoms with E-state index in [1.54, 1.807) is 23.1 Å². The fourth-order valence-electron chi connectivity index (χ4n) is 1.38. The molecule has 90 valence electrons. The highest BCUT2D eigenvalue weighted by molar-refractivity contribution is 8.01. The Hall–Kier alpha value is -0.620. The topological polar surface area (TPSA) is 51.8 Å². The molecule has 0 spiro atoms. The molecule has 1 atom stereocenters. The first kappa shape index (κ1) is 12.8. The molecule has 1 heterocycles. The molecule has 0 fully saturated rings. The van der Waals surface area contributed by atoms with E-state index >= 15 is 0 Å². The molecule has 1 unspecified atom stereocenters. The Morgan fingerprint density at radius 1 is 1.35 bits per heavy atom. The third-order valence-electron chi connectivity index (χ3n) is 2.21. The minimum Gasteiger partial charge on any atom is -0.329 e. The van der Waals surface area contributed by atoms with Crippen LogP contribution in [0.5, 0.6) is 0 Å². The van der Waals surface area contributed by atoms with Gasteiger partial charge in [-0.1, -0.05) is 46.8 Å². The van der Waals surface area contributed by atoms with E-state index in [9.17, 15) is 0 Å². The van der Waals surface area contributed by atoms with Gasteiger partial charge in [-0.15, -0.1) is 10.2 Å². The lowest BCUT2D eigenvalue weighted by Gasteiger charge is -2.12. The van der Waals surface area contributed by atoms with Gasteiger partial charge in [-0.2, -0.15) is 0 Å². The van der Waals surface area contributed by atoms with Crippen LogP contribution < -0.4 is 5.73 Å². The van der Waals surface area contributed by atoms with Crippen LogP contribution in [0.4, 0.5) is 0 Å². The molecule has 2 rings (SSSR count). The maximum Gasteiger partial charge on any atom is 0.174 e. The lowest BCUT2D eigenvalue weighted by atomic mass is 10.1. The smallest absolute Gasteiger partial charge is 0.174 e. The van der Waals surface area contributed by atoms with Crippen LogP contribution >= 0.6 is 34.7 Å². The molecule has 0 amide bonds. The molecule has 0 aliphatic heterocycles. The Morgan fingerprint density at radius 3 is 2.59 bits per heavy atom. The SMILES string of the molecule is Cc1nnc(SC(CN)c2ccc(Cl)cc2)s1. The number of hydrogen-bond acceptors (Lipinski definition) is 5. The summed E-state index contributed by atoms with van der Waals surface area (Å²) in [4.78, 5) is 0. The van der Waals surface area contributed by atoms with Crippen LogP contribution in [0.15, 0.2) is 28.6 Å². The highest BCUT2D eigenvalue weighted by Crippen LogP contribution is 2.36. The number of hydrogen-bond donors (Lipinski definition) is 1. The molecule has 1 aromatic heterocycles. The summed E-state index contributed by atoms with van der Waals surface area (Å²) in [6, 6.07) is 7.76. The van der Waals surface area contributed by atoms with Crippen molar-refractivity contribution in [3.63, 3.8) is 0 Å². The van der Waals surface area contributed by atoms with E-state index < -0.39 is 0 Å². The number of nitrogens with two attached hydrogens (primary N) is 1. The number of aromatic nitrogens is 2. The average Bonchev–Trinajstić information content (AvgIpc) is 2.73. The standard InChI is InChI=1S/C11H12ClN3S2/c1-7-14-15-11(16-7)17-10(6-13)8-2-4-9(12)5-3-8/h2-5,10H,6,13H2,1H3. The molecule has 1 aromatic carbocycles. The van der Waals surface area contributed by atoms with E-state index in [0.717, 1.165) is 19.9 Å². The summed E-state index contributed by atoms with van der Waals surface area (Å²) in [7, 11) is 0. The number of nitrogens with zero attached hydrogens (tertiary/aromatic N) is 2. The maximum absolute atomic E-state index is 5.86. The number of thioether (sulfide) groups is 1. The van der Waals surface area contributed by atoms with Gasteiger partial charge in [-0.25, -0.2) is 0 Å². The summed E-state index contributed by atoms with van der Waals surface area (Å²) in [6.45, 7) is 2.51. The van der Waals surface area contributed by atoms with Crippen molar-refractivity contribution in [2.75, 3.05) is 6.54 Å². The molecular formula is C11H12ClN3S2. The van der Waals surface area contributed by atoms with Crippen molar-refractivity contribution in [3.05, 3.63) is 39.9 Å². The zero-order chi connectivity index (χ0) is 12.3. The first-order chi connectivity index (χ1) is 8.19. The molecular weight excluding hydrogens is 274 g/mol. The third kappa shape index (κ3) is 3.42. The predicted molar refractivity (Wildman–Crippen MR) is 73.8 cm³/mol. The van der Waals surface area contributed by atoms with Crippen LogP contribution in [-0.4, -0.2) is 16.7 Å². The molecule has 3 nitrogen and oxygen atoms in total. The largest absolute Gasteiger partial charge is 0.329 e. The number of halogens is 1. The molecule has 6 heteroatoms. The number of rotatable bonds is 4. The molecule has 2 N–H and O–H groups in total. The molecule has 2 aromatic rings. The van der Waals surface area contributed by atoms with Crippen molar-refractivity contribution in [2.24, 2.45) is 5.73 Å². The van der Waals surface area contributed by atoms with E-state index in [4.69, 9.17) is 17.3 Å². The average molecular weight is 286 g/mol. The summed E-state index contributed by atoms with van der Waals surface area (Å²) in [5.74, 6) is 0. The van der Waals surface area contributed by atoms with Crippen LogP contribution in [0.2, 0.25) is 5.02 Å². The fourth-order valence-corrected chi connectivity index (χ4v) is 3.54. The zero-order valence-corrected chi connectivity index (χ0v) is 11.6.